The van der Waals surface area contributed by atoms with Gasteiger partial charge in [0.2, 0.25) is 0 Å². The van der Waals surface area contributed by atoms with E-state index in [4.69, 9.17) is 16.6 Å². The van der Waals surface area contributed by atoms with Crippen LogP contribution in [0.3, 0.4) is 0 Å². The summed E-state index contributed by atoms with van der Waals surface area (Å²) in [5.74, 6) is -2.81. The molecule has 0 radical (unpaired) electrons. The normalized spacial score (nSPS) is 12.1. The number of hydrogen-bond acceptors (Lipinski definition) is 5. The lowest BCUT2D eigenvalue weighted by molar-refractivity contribution is -0.112. The number of halogens is 1. The predicted octanol–water partition coefficient (Wildman–Crippen LogP) is 1.34. The standard InChI is InChI=1S/C16H16FN5O3/c1-8-4-14(10(16(24)25)5-11(8)17)22-15(23)13(19)3-2-12(18)9-6-20-21-7-9/h2-7H,18-19H2,1H3,(H,20,21)(H,22,23)(H,24,25)/b12-2-,13-3-. The summed E-state index contributed by atoms with van der Waals surface area (Å²) in [6, 6.07) is 2.06. The molecule has 7 N–H and O–H groups in total. The summed E-state index contributed by atoms with van der Waals surface area (Å²) >= 11 is 0. The number of nitrogens with two attached hydrogens (primary N) is 2. The van der Waals surface area contributed by atoms with Gasteiger partial charge in [-0.2, -0.15) is 5.10 Å². The molecule has 0 fully saturated rings. The number of carboxylic acid groups (broad SMARTS) is 1. The molecule has 0 atom stereocenters. The minimum atomic E-state index is -1.37. The third-order valence-electron chi connectivity index (χ3n) is 3.31. The molecule has 0 unspecified atom stereocenters. The Morgan fingerprint density at radius 3 is 2.64 bits per heavy atom. The van der Waals surface area contributed by atoms with Gasteiger partial charge >= 0.3 is 5.97 Å². The van der Waals surface area contributed by atoms with Crippen LogP contribution in [0.5, 0.6) is 0 Å². The fourth-order valence-corrected chi connectivity index (χ4v) is 1.92. The first kappa shape index (κ1) is 17.7. The van der Waals surface area contributed by atoms with E-state index in [0.29, 0.717) is 11.3 Å². The number of amides is 1. The molecule has 1 aromatic heterocycles. The molecule has 2 rings (SSSR count). The molecule has 1 amide bonds. The number of carbonyl (C=O) groups is 2. The Balaban J connectivity index is 2.22. The molecule has 0 aliphatic heterocycles. The maximum atomic E-state index is 13.5. The van der Waals surface area contributed by atoms with Crippen LogP contribution >= 0.6 is 0 Å². The lowest BCUT2D eigenvalue weighted by atomic mass is 10.1. The molecule has 2 aromatic rings. The highest BCUT2D eigenvalue weighted by atomic mass is 19.1. The molecule has 8 nitrogen and oxygen atoms in total. The number of allylic oxidation sites excluding steroid dienone is 2. The number of aromatic amines is 1. The first-order valence-electron chi connectivity index (χ1n) is 7.06. The number of H-pyrrole nitrogens is 1. The third-order valence-corrected chi connectivity index (χ3v) is 3.31. The van der Waals surface area contributed by atoms with Gasteiger partial charge in [-0.3, -0.25) is 9.89 Å². The molecule has 0 saturated heterocycles. The van der Waals surface area contributed by atoms with Gasteiger partial charge in [0, 0.05) is 17.5 Å². The van der Waals surface area contributed by atoms with Crippen molar-refractivity contribution in [1.29, 1.82) is 0 Å². The van der Waals surface area contributed by atoms with Crippen LogP contribution in [0.15, 0.2) is 42.4 Å². The molecule has 1 heterocycles. The molecule has 0 bridgehead atoms. The fourth-order valence-electron chi connectivity index (χ4n) is 1.92. The Hall–Kier alpha value is -3.62. The number of aryl methyl sites for hydroxylation is 1. The van der Waals surface area contributed by atoms with Crippen molar-refractivity contribution in [3.63, 3.8) is 0 Å². The van der Waals surface area contributed by atoms with Gasteiger partial charge in [0.15, 0.2) is 0 Å². The van der Waals surface area contributed by atoms with Crippen LogP contribution in [-0.4, -0.2) is 27.2 Å². The van der Waals surface area contributed by atoms with Crippen LogP contribution in [-0.2, 0) is 4.79 Å². The minimum Gasteiger partial charge on any atom is -0.478 e. The molecule has 130 valence electrons. The molecule has 0 saturated carbocycles. The van der Waals surface area contributed by atoms with Crippen molar-refractivity contribution in [3.05, 3.63) is 64.9 Å². The number of aromatic carboxylic acids is 1. The van der Waals surface area contributed by atoms with Gasteiger partial charge in [0.25, 0.3) is 5.91 Å². The SMILES string of the molecule is Cc1cc(NC(=O)/C(N)=C/C=C(\N)c2cn[nH]c2)c(C(=O)O)cc1F. The highest BCUT2D eigenvalue weighted by molar-refractivity contribution is 6.07. The summed E-state index contributed by atoms with van der Waals surface area (Å²) in [6.07, 6.45) is 5.75. The molecule has 1 aromatic carbocycles. The van der Waals surface area contributed by atoms with Gasteiger partial charge in [0.1, 0.15) is 5.82 Å². The van der Waals surface area contributed by atoms with Crippen molar-refractivity contribution in [2.75, 3.05) is 5.32 Å². The number of nitrogens with one attached hydrogen (secondary N) is 2. The third kappa shape index (κ3) is 4.22. The monoisotopic (exact) mass is 345 g/mol. The molecule has 0 aliphatic rings. The summed E-state index contributed by atoms with van der Waals surface area (Å²) in [5, 5.41) is 17.8. The van der Waals surface area contributed by atoms with Crippen molar-refractivity contribution in [1.82, 2.24) is 10.2 Å². The van der Waals surface area contributed by atoms with E-state index < -0.39 is 17.7 Å². The Labute approximate surface area is 142 Å². The highest BCUT2D eigenvalue weighted by Gasteiger charge is 2.16. The van der Waals surface area contributed by atoms with Crippen LogP contribution in [0, 0.1) is 12.7 Å². The zero-order chi connectivity index (χ0) is 18.6. The highest BCUT2D eigenvalue weighted by Crippen LogP contribution is 2.21. The maximum Gasteiger partial charge on any atom is 0.337 e. The zero-order valence-electron chi connectivity index (χ0n) is 13.2. The number of carboxylic acids is 1. The Bertz CT molecular complexity index is 872. The van der Waals surface area contributed by atoms with Crippen molar-refractivity contribution >= 4 is 23.3 Å². The predicted molar refractivity (Wildman–Crippen MR) is 89.7 cm³/mol. The largest absolute Gasteiger partial charge is 0.478 e. The summed E-state index contributed by atoms with van der Waals surface area (Å²) < 4.78 is 13.5. The zero-order valence-corrected chi connectivity index (χ0v) is 13.2. The number of hydrogen-bond donors (Lipinski definition) is 5. The van der Waals surface area contributed by atoms with Gasteiger partial charge < -0.3 is 21.9 Å². The summed E-state index contributed by atoms with van der Waals surface area (Å²) in [5.41, 5.74) is 12.0. The fraction of sp³-hybridized carbons (Fsp3) is 0.0625. The van der Waals surface area contributed by atoms with Gasteiger partial charge in [-0.05, 0) is 36.8 Å². The molecule has 9 heteroatoms. The number of anilines is 1. The van der Waals surface area contributed by atoms with E-state index >= 15 is 0 Å². The van der Waals surface area contributed by atoms with Gasteiger partial charge in [-0.1, -0.05) is 0 Å². The minimum absolute atomic E-state index is 0.0560. The van der Waals surface area contributed by atoms with Crippen LogP contribution in [0.2, 0.25) is 0 Å². The van der Waals surface area contributed by atoms with Crippen LogP contribution < -0.4 is 16.8 Å². The second kappa shape index (κ2) is 7.30. The van der Waals surface area contributed by atoms with Gasteiger partial charge in [0.05, 0.1) is 23.1 Å². The second-order valence-electron chi connectivity index (χ2n) is 5.14. The van der Waals surface area contributed by atoms with Crippen molar-refractivity contribution < 1.29 is 19.1 Å². The summed E-state index contributed by atoms with van der Waals surface area (Å²) in [7, 11) is 0. The molecular weight excluding hydrogens is 329 g/mol. The average molecular weight is 345 g/mol. The number of nitrogens with zero attached hydrogens (tertiary/aromatic N) is 1. The topological polar surface area (TPSA) is 147 Å². The summed E-state index contributed by atoms with van der Waals surface area (Å²) in [6.45, 7) is 1.45. The first-order valence-corrected chi connectivity index (χ1v) is 7.06. The molecular formula is C16H16FN5O3. The van der Waals surface area contributed by atoms with E-state index in [1.165, 1.54) is 31.3 Å². The van der Waals surface area contributed by atoms with Crippen LogP contribution in [0.1, 0.15) is 21.5 Å². The smallest absolute Gasteiger partial charge is 0.337 e. The van der Waals surface area contributed by atoms with E-state index in [1.807, 2.05) is 0 Å². The van der Waals surface area contributed by atoms with Gasteiger partial charge in [-0.25, -0.2) is 9.18 Å². The molecule has 0 aliphatic carbocycles. The van der Waals surface area contributed by atoms with E-state index in [-0.39, 0.29) is 22.5 Å². The Morgan fingerprint density at radius 2 is 2.04 bits per heavy atom. The maximum absolute atomic E-state index is 13.5. The van der Waals surface area contributed by atoms with E-state index in [0.717, 1.165) is 6.07 Å². The summed E-state index contributed by atoms with van der Waals surface area (Å²) in [4.78, 5) is 23.3. The quantitative estimate of drug-likeness (QED) is 0.408. The van der Waals surface area contributed by atoms with E-state index in [1.54, 1.807) is 6.20 Å². The van der Waals surface area contributed by atoms with Crippen molar-refractivity contribution in [2.24, 2.45) is 11.5 Å². The Kier molecular flexibility index (Phi) is 5.18. The lowest BCUT2D eigenvalue weighted by Gasteiger charge is -2.10. The van der Waals surface area contributed by atoms with Crippen LogP contribution in [0.25, 0.3) is 5.70 Å². The average Bonchev–Trinajstić information content (AvgIpc) is 3.09. The number of rotatable bonds is 5. The number of benzene rings is 1. The van der Waals surface area contributed by atoms with E-state index in [9.17, 15) is 14.0 Å². The number of carbonyl (C=O) groups excluding carboxylic acids is 1. The van der Waals surface area contributed by atoms with Crippen molar-refractivity contribution in [3.8, 4) is 0 Å². The molecule has 25 heavy (non-hydrogen) atoms. The lowest BCUT2D eigenvalue weighted by Crippen LogP contribution is -2.21. The van der Waals surface area contributed by atoms with Crippen molar-refractivity contribution in [2.45, 2.75) is 6.92 Å². The first-order chi connectivity index (χ1) is 11.8. The second-order valence-corrected chi connectivity index (χ2v) is 5.14. The Morgan fingerprint density at radius 1 is 1.32 bits per heavy atom. The van der Waals surface area contributed by atoms with Crippen LogP contribution in [0.4, 0.5) is 10.1 Å². The molecule has 0 spiro atoms. The van der Waals surface area contributed by atoms with Gasteiger partial charge in [-0.15, -0.1) is 0 Å². The number of aromatic nitrogens is 2. The van der Waals surface area contributed by atoms with E-state index in [2.05, 4.69) is 15.5 Å².